The Morgan fingerprint density at radius 3 is 2.05 bits per heavy atom. The van der Waals surface area contributed by atoms with Crippen molar-refractivity contribution < 1.29 is 4.79 Å². The fraction of sp³-hybridized carbons (Fsp3) is 0.500. The highest BCUT2D eigenvalue weighted by Gasteiger charge is 2.18. The summed E-state index contributed by atoms with van der Waals surface area (Å²) in [4.78, 5) is 13.2. The first kappa shape index (κ1) is 13.8. The SMILES string of the molecule is C1CNCCN1.O=C1NCCCN1c1ccccc1. The monoisotopic (exact) mass is 262 g/mol. The van der Waals surface area contributed by atoms with Crippen LogP contribution in [-0.4, -0.2) is 45.3 Å². The van der Waals surface area contributed by atoms with Crippen LogP contribution >= 0.6 is 0 Å². The Balaban J connectivity index is 0.000000186. The normalized spacial score (nSPS) is 19.2. The van der Waals surface area contributed by atoms with Gasteiger partial charge in [-0.25, -0.2) is 4.79 Å². The molecule has 0 saturated carbocycles. The number of rotatable bonds is 1. The van der Waals surface area contributed by atoms with Crippen LogP contribution in [0.1, 0.15) is 6.42 Å². The lowest BCUT2D eigenvalue weighted by atomic mass is 10.2. The molecule has 0 unspecified atom stereocenters. The lowest BCUT2D eigenvalue weighted by Crippen LogP contribution is -2.46. The molecule has 3 rings (SSSR count). The number of carbonyl (C=O) groups is 1. The zero-order chi connectivity index (χ0) is 13.3. The van der Waals surface area contributed by atoms with E-state index in [0.29, 0.717) is 0 Å². The van der Waals surface area contributed by atoms with Gasteiger partial charge in [0.25, 0.3) is 0 Å². The summed E-state index contributed by atoms with van der Waals surface area (Å²) in [5.74, 6) is 0. The Bertz CT molecular complexity index is 367. The zero-order valence-corrected chi connectivity index (χ0v) is 11.2. The van der Waals surface area contributed by atoms with Gasteiger partial charge in [-0.3, -0.25) is 4.90 Å². The van der Waals surface area contributed by atoms with Crippen LogP contribution in [0, 0.1) is 0 Å². The van der Waals surface area contributed by atoms with E-state index in [-0.39, 0.29) is 6.03 Å². The summed E-state index contributed by atoms with van der Waals surface area (Å²) in [6.07, 6.45) is 1.01. The molecule has 0 atom stereocenters. The minimum atomic E-state index is 0.0115. The first-order valence-electron chi connectivity index (χ1n) is 6.90. The molecule has 0 radical (unpaired) electrons. The molecular formula is C14H22N4O. The number of hydrogen-bond donors (Lipinski definition) is 3. The topological polar surface area (TPSA) is 56.4 Å². The maximum Gasteiger partial charge on any atom is 0.321 e. The lowest BCUT2D eigenvalue weighted by Gasteiger charge is -2.27. The number of nitrogens with zero attached hydrogens (tertiary/aromatic N) is 1. The van der Waals surface area contributed by atoms with Gasteiger partial charge in [0.2, 0.25) is 0 Å². The van der Waals surface area contributed by atoms with Gasteiger partial charge in [-0.15, -0.1) is 0 Å². The van der Waals surface area contributed by atoms with E-state index in [4.69, 9.17) is 0 Å². The number of hydrogen-bond acceptors (Lipinski definition) is 3. The third-order valence-electron chi connectivity index (χ3n) is 3.10. The molecular weight excluding hydrogens is 240 g/mol. The number of urea groups is 1. The van der Waals surface area contributed by atoms with Crippen LogP contribution in [0.25, 0.3) is 0 Å². The minimum Gasteiger partial charge on any atom is -0.338 e. The third kappa shape index (κ3) is 4.54. The van der Waals surface area contributed by atoms with Crippen LogP contribution in [0.15, 0.2) is 30.3 Å². The summed E-state index contributed by atoms with van der Waals surface area (Å²) in [6, 6.07) is 9.74. The number of para-hydroxylation sites is 1. The highest BCUT2D eigenvalue weighted by atomic mass is 16.2. The van der Waals surface area contributed by atoms with Crippen LogP contribution < -0.4 is 20.9 Å². The van der Waals surface area contributed by atoms with E-state index in [0.717, 1.165) is 51.4 Å². The highest BCUT2D eigenvalue weighted by Crippen LogP contribution is 2.15. The van der Waals surface area contributed by atoms with E-state index in [2.05, 4.69) is 16.0 Å². The van der Waals surface area contributed by atoms with Crippen molar-refractivity contribution in [1.29, 1.82) is 0 Å². The first-order chi connectivity index (χ1) is 9.38. The molecule has 104 valence electrons. The number of anilines is 1. The molecule has 0 bridgehead atoms. The van der Waals surface area contributed by atoms with Gasteiger partial charge in [0.15, 0.2) is 0 Å². The zero-order valence-electron chi connectivity index (χ0n) is 11.2. The molecule has 0 aliphatic carbocycles. The molecule has 0 spiro atoms. The first-order valence-corrected chi connectivity index (χ1v) is 6.90. The molecule has 5 nitrogen and oxygen atoms in total. The predicted molar refractivity (Wildman–Crippen MR) is 77.5 cm³/mol. The van der Waals surface area contributed by atoms with Crippen molar-refractivity contribution in [3.63, 3.8) is 0 Å². The van der Waals surface area contributed by atoms with Gasteiger partial charge in [0.05, 0.1) is 0 Å². The second-order valence-corrected chi connectivity index (χ2v) is 4.57. The van der Waals surface area contributed by atoms with Crippen LogP contribution in [0.3, 0.4) is 0 Å². The Hall–Kier alpha value is -1.59. The molecule has 3 N–H and O–H groups in total. The lowest BCUT2D eigenvalue weighted by molar-refractivity contribution is 0.243. The van der Waals surface area contributed by atoms with E-state index >= 15 is 0 Å². The van der Waals surface area contributed by atoms with E-state index in [1.54, 1.807) is 4.90 Å². The van der Waals surface area contributed by atoms with Crippen LogP contribution in [-0.2, 0) is 0 Å². The Kier molecular flexibility index (Phi) is 5.65. The van der Waals surface area contributed by atoms with Crippen molar-refractivity contribution in [2.75, 3.05) is 44.2 Å². The van der Waals surface area contributed by atoms with E-state index < -0.39 is 0 Å². The molecule has 2 fully saturated rings. The summed E-state index contributed by atoms with van der Waals surface area (Å²) in [5.41, 5.74) is 0.972. The van der Waals surface area contributed by atoms with Crippen LogP contribution in [0.4, 0.5) is 10.5 Å². The number of carbonyl (C=O) groups excluding carboxylic acids is 1. The molecule has 2 aliphatic rings. The van der Waals surface area contributed by atoms with Gasteiger partial charge in [0.1, 0.15) is 0 Å². The van der Waals surface area contributed by atoms with Crippen molar-refractivity contribution in [2.24, 2.45) is 0 Å². The molecule has 2 amide bonds. The molecule has 2 heterocycles. The van der Waals surface area contributed by atoms with Crippen LogP contribution in [0.5, 0.6) is 0 Å². The summed E-state index contributed by atoms with van der Waals surface area (Å²) in [5, 5.41) is 9.26. The largest absolute Gasteiger partial charge is 0.338 e. The van der Waals surface area contributed by atoms with Gasteiger partial charge in [0, 0.05) is 45.0 Å². The molecule has 5 heteroatoms. The summed E-state index contributed by atoms with van der Waals surface area (Å²) in [6.45, 7) is 6.16. The predicted octanol–water partition coefficient (Wildman–Crippen LogP) is 0.786. The molecule has 2 aliphatic heterocycles. The highest BCUT2D eigenvalue weighted by molar-refractivity contribution is 5.92. The second-order valence-electron chi connectivity index (χ2n) is 4.57. The average molecular weight is 262 g/mol. The van der Waals surface area contributed by atoms with E-state index in [1.165, 1.54) is 0 Å². The Morgan fingerprint density at radius 1 is 0.895 bits per heavy atom. The van der Waals surface area contributed by atoms with E-state index in [9.17, 15) is 4.79 Å². The molecule has 0 aromatic heterocycles. The van der Waals surface area contributed by atoms with E-state index in [1.807, 2.05) is 30.3 Å². The molecule has 19 heavy (non-hydrogen) atoms. The maximum atomic E-state index is 11.4. The van der Waals surface area contributed by atoms with Gasteiger partial charge < -0.3 is 16.0 Å². The van der Waals surface area contributed by atoms with Gasteiger partial charge >= 0.3 is 6.03 Å². The number of piperazine rings is 1. The molecule has 2 saturated heterocycles. The minimum absolute atomic E-state index is 0.0115. The quantitative estimate of drug-likeness (QED) is 0.701. The van der Waals surface area contributed by atoms with Gasteiger partial charge in [-0.2, -0.15) is 0 Å². The third-order valence-corrected chi connectivity index (χ3v) is 3.10. The Labute approximate surface area is 114 Å². The van der Waals surface area contributed by atoms with Gasteiger partial charge in [-0.05, 0) is 18.6 Å². The van der Waals surface area contributed by atoms with Crippen LogP contribution in [0.2, 0.25) is 0 Å². The summed E-state index contributed by atoms with van der Waals surface area (Å²) in [7, 11) is 0. The number of nitrogens with one attached hydrogen (secondary N) is 3. The van der Waals surface area contributed by atoms with Crippen molar-refractivity contribution in [3.05, 3.63) is 30.3 Å². The van der Waals surface area contributed by atoms with Crippen molar-refractivity contribution in [3.8, 4) is 0 Å². The number of amides is 2. The molecule has 1 aromatic carbocycles. The smallest absolute Gasteiger partial charge is 0.321 e. The average Bonchev–Trinajstić information content (AvgIpc) is 2.51. The fourth-order valence-corrected chi connectivity index (χ4v) is 2.09. The number of benzene rings is 1. The van der Waals surface area contributed by atoms with Gasteiger partial charge in [-0.1, -0.05) is 18.2 Å². The fourth-order valence-electron chi connectivity index (χ4n) is 2.09. The Morgan fingerprint density at radius 2 is 1.53 bits per heavy atom. The second kappa shape index (κ2) is 7.76. The summed E-state index contributed by atoms with van der Waals surface area (Å²) >= 11 is 0. The molecule has 1 aromatic rings. The maximum absolute atomic E-state index is 11.4. The summed E-state index contributed by atoms with van der Waals surface area (Å²) < 4.78 is 0. The van der Waals surface area contributed by atoms with Crippen molar-refractivity contribution in [2.45, 2.75) is 6.42 Å². The van der Waals surface area contributed by atoms with Crippen molar-refractivity contribution in [1.82, 2.24) is 16.0 Å². The standard InChI is InChI=1S/C10H12N2O.C4H10N2/c13-10-11-7-4-8-12(10)9-5-2-1-3-6-9;1-2-6-4-3-5-1/h1-3,5-6H,4,7-8H2,(H,11,13);5-6H,1-4H2. The van der Waals surface area contributed by atoms with Crippen molar-refractivity contribution >= 4 is 11.7 Å².